The molecule has 92 valence electrons. The highest BCUT2D eigenvalue weighted by atomic mass is 19.1. The summed E-state index contributed by atoms with van der Waals surface area (Å²) in [5, 5.41) is 2.90. The molecule has 1 saturated carbocycles. The first kappa shape index (κ1) is 12.0. The van der Waals surface area contributed by atoms with E-state index in [-0.39, 0.29) is 11.3 Å². The lowest BCUT2D eigenvalue weighted by Crippen LogP contribution is -2.34. The van der Waals surface area contributed by atoms with Crippen LogP contribution >= 0.6 is 0 Å². The molecule has 1 fully saturated rings. The highest BCUT2D eigenvalue weighted by molar-refractivity contribution is 5.93. The van der Waals surface area contributed by atoms with Crippen molar-refractivity contribution in [2.24, 2.45) is 5.41 Å². The second-order valence-corrected chi connectivity index (χ2v) is 5.07. The Bertz CT molecular complexity index is 396. The summed E-state index contributed by atoms with van der Waals surface area (Å²) in [5.74, 6) is -0.741. The van der Waals surface area contributed by atoms with Crippen molar-refractivity contribution in [2.45, 2.75) is 32.6 Å². The van der Waals surface area contributed by atoms with E-state index in [0.29, 0.717) is 12.1 Å². The van der Waals surface area contributed by atoms with Gasteiger partial charge in [0.2, 0.25) is 5.95 Å². The molecule has 0 bridgehead atoms. The number of carbonyl (C=O) groups excluding carboxylic acids is 1. The zero-order chi connectivity index (χ0) is 12.3. The van der Waals surface area contributed by atoms with Gasteiger partial charge in [0.1, 0.15) is 0 Å². The number of hydrogen-bond acceptors (Lipinski definition) is 2. The number of rotatable bonds is 3. The van der Waals surface area contributed by atoms with Gasteiger partial charge in [0, 0.05) is 12.7 Å². The first-order chi connectivity index (χ1) is 8.09. The molecule has 17 heavy (non-hydrogen) atoms. The Morgan fingerprint density at radius 1 is 1.47 bits per heavy atom. The SMILES string of the molecule is CC1(CNC(=O)c2ccc(F)nc2)CCCC1. The summed E-state index contributed by atoms with van der Waals surface area (Å²) in [4.78, 5) is 15.3. The Kier molecular flexibility index (Phi) is 3.41. The van der Waals surface area contributed by atoms with E-state index in [4.69, 9.17) is 0 Å². The Balaban J connectivity index is 1.91. The van der Waals surface area contributed by atoms with E-state index in [0.717, 1.165) is 12.8 Å². The second-order valence-electron chi connectivity index (χ2n) is 5.07. The van der Waals surface area contributed by atoms with Crippen molar-refractivity contribution in [1.29, 1.82) is 0 Å². The number of amides is 1. The van der Waals surface area contributed by atoms with Gasteiger partial charge in [-0.2, -0.15) is 4.39 Å². The van der Waals surface area contributed by atoms with Crippen LogP contribution in [0.2, 0.25) is 0 Å². The molecular weight excluding hydrogens is 219 g/mol. The molecule has 0 spiro atoms. The Morgan fingerprint density at radius 3 is 2.76 bits per heavy atom. The number of nitrogens with zero attached hydrogens (tertiary/aromatic N) is 1. The molecule has 0 radical (unpaired) electrons. The predicted octanol–water partition coefficient (Wildman–Crippen LogP) is 2.53. The third kappa shape index (κ3) is 3.02. The summed E-state index contributed by atoms with van der Waals surface area (Å²) < 4.78 is 12.6. The highest BCUT2D eigenvalue weighted by Crippen LogP contribution is 2.36. The average molecular weight is 236 g/mol. The normalized spacial score (nSPS) is 18.0. The van der Waals surface area contributed by atoms with E-state index in [1.807, 2.05) is 0 Å². The van der Waals surface area contributed by atoms with Crippen molar-refractivity contribution in [1.82, 2.24) is 10.3 Å². The number of nitrogens with one attached hydrogen (secondary N) is 1. The third-order valence-electron chi connectivity index (χ3n) is 3.48. The van der Waals surface area contributed by atoms with Crippen molar-refractivity contribution >= 4 is 5.91 Å². The van der Waals surface area contributed by atoms with E-state index in [1.54, 1.807) is 0 Å². The smallest absolute Gasteiger partial charge is 0.252 e. The lowest BCUT2D eigenvalue weighted by atomic mass is 9.89. The van der Waals surface area contributed by atoms with Gasteiger partial charge in [0.15, 0.2) is 0 Å². The number of aromatic nitrogens is 1. The second kappa shape index (κ2) is 4.82. The van der Waals surface area contributed by atoms with Crippen molar-refractivity contribution in [3.05, 3.63) is 29.8 Å². The van der Waals surface area contributed by atoms with Crippen molar-refractivity contribution in [2.75, 3.05) is 6.54 Å². The maximum absolute atomic E-state index is 12.6. The molecule has 1 aliphatic rings. The summed E-state index contributed by atoms with van der Waals surface area (Å²) in [6, 6.07) is 2.65. The van der Waals surface area contributed by atoms with Crippen LogP contribution in [0, 0.1) is 11.4 Å². The van der Waals surface area contributed by atoms with Crippen molar-refractivity contribution in [3.63, 3.8) is 0 Å². The summed E-state index contributed by atoms with van der Waals surface area (Å²) in [6.07, 6.45) is 6.07. The molecule has 0 saturated heterocycles. The molecular formula is C13H17FN2O. The lowest BCUT2D eigenvalue weighted by molar-refractivity contribution is 0.0934. The first-order valence-corrected chi connectivity index (χ1v) is 5.99. The minimum atomic E-state index is -0.565. The van der Waals surface area contributed by atoms with E-state index in [9.17, 15) is 9.18 Å². The molecule has 2 rings (SSSR count). The minimum Gasteiger partial charge on any atom is -0.351 e. The van der Waals surface area contributed by atoms with E-state index >= 15 is 0 Å². The molecule has 1 aliphatic carbocycles. The number of hydrogen-bond donors (Lipinski definition) is 1. The topological polar surface area (TPSA) is 42.0 Å². The van der Waals surface area contributed by atoms with Gasteiger partial charge in [-0.05, 0) is 30.4 Å². The molecule has 1 aromatic heterocycles. The quantitative estimate of drug-likeness (QED) is 0.819. The van der Waals surface area contributed by atoms with Gasteiger partial charge in [-0.15, -0.1) is 0 Å². The minimum absolute atomic E-state index is 0.175. The van der Waals surface area contributed by atoms with Gasteiger partial charge in [-0.25, -0.2) is 4.98 Å². The zero-order valence-corrected chi connectivity index (χ0v) is 10.0. The fourth-order valence-corrected chi connectivity index (χ4v) is 2.31. The van der Waals surface area contributed by atoms with Crippen LogP contribution in [0.25, 0.3) is 0 Å². The maximum Gasteiger partial charge on any atom is 0.252 e. The van der Waals surface area contributed by atoms with Gasteiger partial charge >= 0.3 is 0 Å². The number of pyridine rings is 1. The highest BCUT2D eigenvalue weighted by Gasteiger charge is 2.28. The molecule has 1 N–H and O–H groups in total. The van der Waals surface area contributed by atoms with Gasteiger partial charge in [0.25, 0.3) is 5.91 Å². The molecule has 0 unspecified atom stereocenters. The fourth-order valence-electron chi connectivity index (χ4n) is 2.31. The Morgan fingerprint density at radius 2 is 2.18 bits per heavy atom. The molecule has 3 nitrogen and oxygen atoms in total. The maximum atomic E-state index is 12.6. The van der Waals surface area contributed by atoms with Gasteiger partial charge in [-0.1, -0.05) is 19.8 Å². The van der Waals surface area contributed by atoms with Crippen molar-refractivity contribution in [3.8, 4) is 0 Å². The molecule has 0 aromatic carbocycles. The standard InChI is InChI=1S/C13H17FN2O/c1-13(6-2-3-7-13)9-16-12(17)10-4-5-11(14)15-8-10/h4-5,8H,2-3,6-7,9H2,1H3,(H,16,17). The van der Waals surface area contributed by atoms with Crippen LogP contribution in [0.3, 0.4) is 0 Å². The van der Waals surface area contributed by atoms with Crippen LogP contribution in [0.5, 0.6) is 0 Å². The number of halogens is 1. The van der Waals surface area contributed by atoms with E-state index in [2.05, 4.69) is 17.2 Å². The fraction of sp³-hybridized carbons (Fsp3) is 0.538. The third-order valence-corrected chi connectivity index (χ3v) is 3.48. The summed E-state index contributed by atoms with van der Waals surface area (Å²) in [7, 11) is 0. The largest absolute Gasteiger partial charge is 0.351 e. The van der Waals surface area contributed by atoms with E-state index in [1.165, 1.54) is 31.2 Å². The Labute approximate surface area is 100 Å². The zero-order valence-electron chi connectivity index (χ0n) is 10.0. The van der Waals surface area contributed by atoms with E-state index < -0.39 is 5.95 Å². The number of carbonyl (C=O) groups is 1. The molecule has 0 atom stereocenters. The Hall–Kier alpha value is -1.45. The lowest BCUT2D eigenvalue weighted by Gasteiger charge is -2.23. The summed E-state index contributed by atoms with van der Waals surface area (Å²) >= 11 is 0. The van der Waals surface area contributed by atoms with Crippen molar-refractivity contribution < 1.29 is 9.18 Å². The average Bonchev–Trinajstić information content (AvgIpc) is 2.75. The predicted molar refractivity (Wildman–Crippen MR) is 63.1 cm³/mol. The molecule has 1 amide bonds. The monoisotopic (exact) mass is 236 g/mol. The van der Waals surface area contributed by atoms with Crippen LogP contribution in [0.4, 0.5) is 4.39 Å². The molecule has 1 heterocycles. The van der Waals surface area contributed by atoms with Gasteiger partial charge in [0.05, 0.1) is 5.56 Å². The van der Waals surface area contributed by atoms with Gasteiger partial charge in [-0.3, -0.25) is 4.79 Å². The first-order valence-electron chi connectivity index (χ1n) is 5.99. The van der Waals surface area contributed by atoms with Crippen LogP contribution < -0.4 is 5.32 Å². The van der Waals surface area contributed by atoms with Crippen LogP contribution in [-0.4, -0.2) is 17.4 Å². The van der Waals surface area contributed by atoms with Gasteiger partial charge < -0.3 is 5.32 Å². The molecule has 4 heteroatoms. The summed E-state index contributed by atoms with van der Waals surface area (Å²) in [5.41, 5.74) is 0.635. The van der Waals surface area contributed by atoms with Crippen LogP contribution in [-0.2, 0) is 0 Å². The molecule has 0 aliphatic heterocycles. The summed E-state index contributed by atoms with van der Waals surface area (Å²) in [6.45, 7) is 2.88. The van der Waals surface area contributed by atoms with Crippen LogP contribution in [0.1, 0.15) is 43.0 Å². The van der Waals surface area contributed by atoms with Crippen LogP contribution in [0.15, 0.2) is 18.3 Å². The molecule has 1 aromatic rings.